The number of ether oxygens (including phenoxy) is 1. The minimum atomic E-state index is -0.858. The van der Waals surface area contributed by atoms with Gasteiger partial charge in [-0.1, -0.05) is 13.0 Å². The molecule has 2 aromatic carbocycles. The first-order valence-corrected chi connectivity index (χ1v) is 8.33. The van der Waals surface area contributed by atoms with E-state index in [1.54, 1.807) is 43.2 Å². The number of carbonyl (C=O) groups is 2. The van der Waals surface area contributed by atoms with Crippen LogP contribution in [0.25, 0.3) is 0 Å². The molecule has 27 heavy (non-hydrogen) atoms. The Labute approximate surface area is 156 Å². The van der Waals surface area contributed by atoms with Gasteiger partial charge in [0.05, 0.1) is 20.2 Å². The predicted octanol–water partition coefficient (Wildman–Crippen LogP) is 2.87. The van der Waals surface area contributed by atoms with Gasteiger partial charge in [-0.25, -0.2) is 8.78 Å². The van der Waals surface area contributed by atoms with Crippen molar-refractivity contribution < 1.29 is 23.1 Å². The molecule has 0 bridgehead atoms. The van der Waals surface area contributed by atoms with Gasteiger partial charge in [-0.3, -0.25) is 14.5 Å². The maximum atomic E-state index is 13.6. The molecule has 2 amide bonds. The lowest BCUT2D eigenvalue weighted by molar-refractivity contribution is -0.119. The number of halogens is 2. The van der Waals surface area contributed by atoms with E-state index in [0.717, 1.165) is 12.1 Å². The summed E-state index contributed by atoms with van der Waals surface area (Å²) in [5.41, 5.74) is 0.0935. The average Bonchev–Trinajstić information content (AvgIpc) is 2.65. The molecule has 0 aliphatic heterocycles. The van der Waals surface area contributed by atoms with Crippen LogP contribution in [0.1, 0.15) is 6.92 Å². The number of amides is 2. The van der Waals surface area contributed by atoms with E-state index in [1.165, 1.54) is 6.07 Å². The van der Waals surface area contributed by atoms with Crippen LogP contribution >= 0.6 is 0 Å². The van der Waals surface area contributed by atoms with Crippen LogP contribution in [0.5, 0.6) is 5.75 Å². The Hall–Kier alpha value is -3.00. The first-order chi connectivity index (χ1) is 12.9. The van der Waals surface area contributed by atoms with Crippen molar-refractivity contribution in [1.82, 2.24) is 4.90 Å². The molecule has 2 aromatic rings. The Kier molecular flexibility index (Phi) is 7.25. The fraction of sp³-hybridized carbons (Fsp3) is 0.263. The van der Waals surface area contributed by atoms with E-state index in [0.29, 0.717) is 18.0 Å². The van der Waals surface area contributed by atoms with Crippen molar-refractivity contribution in [3.8, 4) is 5.75 Å². The summed E-state index contributed by atoms with van der Waals surface area (Å²) in [5.74, 6) is -1.97. The van der Waals surface area contributed by atoms with Gasteiger partial charge in [-0.15, -0.1) is 0 Å². The molecule has 0 aliphatic carbocycles. The van der Waals surface area contributed by atoms with Crippen LogP contribution < -0.4 is 15.4 Å². The lowest BCUT2D eigenvalue weighted by Gasteiger charge is -2.19. The molecule has 2 N–H and O–H groups in total. The summed E-state index contributed by atoms with van der Waals surface area (Å²) in [7, 11) is 1.55. The zero-order valence-electron chi connectivity index (χ0n) is 15.1. The number of methoxy groups -OCH3 is 1. The maximum Gasteiger partial charge on any atom is 0.238 e. The largest absolute Gasteiger partial charge is 0.497 e. The number of hydrogen-bond acceptors (Lipinski definition) is 4. The monoisotopic (exact) mass is 377 g/mol. The van der Waals surface area contributed by atoms with Crippen molar-refractivity contribution in [3.63, 3.8) is 0 Å². The number of hydrogen-bond donors (Lipinski definition) is 2. The highest BCUT2D eigenvalue weighted by Gasteiger charge is 2.16. The molecule has 2 rings (SSSR count). The molecule has 6 nitrogen and oxygen atoms in total. The third-order valence-corrected chi connectivity index (χ3v) is 3.78. The molecule has 0 unspecified atom stereocenters. The number of rotatable bonds is 8. The molecule has 0 spiro atoms. The van der Waals surface area contributed by atoms with Crippen LogP contribution in [0.3, 0.4) is 0 Å². The van der Waals surface area contributed by atoms with Gasteiger partial charge in [0.1, 0.15) is 23.1 Å². The topological polar surface area (TPSA) is 70.7 Å². The van der Waals surface area contributed by atoms with E-state index >= 15 is 0 Å². The van der Waals surface area contributed by atoms with E-state index < -0.39 is 23.2 Å². The lowest BCUT2D eigenvalue weighted by Crippen LogP contribution is -2.38. The highest BCUT2D eigenvalue weighted by Crippen LogP contribution is 2.18. The molecule has 0 aliphatic rings. The minimum Gasteiger partial charge on any atom is -0.497 e. The second-order valence-electron chi connectivity index (χ2n) is 5.72. The second-order valence-corrected chi connectivity index (χ2v) is 5.72. The molecule has 0 atom stereocenters. The van der Waals surface area contributed by atoms with Crippen molar-refractivity contribution in [2.24, 2.45) is 0 Å². The van der Waals surface area contributed by atoms with Crippen molar-refractivity contribution in [2.45, 2.75) is 6.92 Å². The van der Waals surface area contributed by atoms with Crippen LogP contribution in [-0.2, 0) is 9.59 Å². The number of carbonyl (C=O) groups excluding carboxylic acids is 2. The third-order valence-electron chi connectivity index (χ3n) is 3.78. The summed E-state index contributed by atoms with van der Waals surface area (Å²) in [4.78, 5) is 25.8. The van der Waals surface area contributed by atoms with Crippen molar-refractivity contribution in [3.05, 3.63) is 54.1 Å². The highest BCUT2D eigenvalue weighted by molar-refractivity contribution is 5.94. The summed E-state index contributed by atoms with van der Waals surface area (Å²) in [6.45, 7) is 1.96. The SMILES string of the molecule is CCN(CC(=O)Nc1ccc(OC)cc1)CC(=O)Nc1c(F)cccc1F. The number of likely N-dealkylation sites (N-methyl/N-ethyl adjacent to an activating group) is 1. The second kappa shape index (κ2) is 9.63. The molecular formula is C19H21F2N3O3. The van der Waals surface area contributed by atoms with E-state index in [2.05, 4.69) is 10.6 Å². The molecular weight excluding hydrogens is 356 g/mol. The summed E-state index contributed by atoms with van der Waals surface area (Å²) < 4.78 is 32.2. The average molecular weight is 377 g/mol. The Bertz CT molecular complexity index is 777. The highest BCUT2D eigenvalue weighted by atomic mass is 19.1. The predicted molar refractivity (Wildman–Crippen MR) is 98.7 cm³/mol. The Balaban J connectivity index is 1.90. The zero-order valence-corrected chi connectivity index (χ0v) is 15.1. The van der Waals surface area contributed by atoms with Crippen LogP contribution in [0, 0.1) is 11.6 Å². The standard InChI is InChI=1S/C19H21F2N3O3/c1-3-24(11-17(25)22-13-7-9-14(27-2)10-8-13)12-18(26)23-19-15(20)5-4-6-16(19)21/h4-10H,3,11-12H2,1-2H3,(H,22,25)(H,23,26). The van der Waals surface area contributed by atoms with Gasteiger partial charge in [-0.2, -0.15) is 0 Å². The van der Waals surface area contributed by atoms with Gasteiger partial charge in [-0.05, 0) is 42.9 Å². The first-order valence-electron chi connectivity index (χ1n) is 8.33. The number of nitrogens with zero attached hydrogens (tertiary/aromatic N) is 1. The number of anilines is 2. The van der Waals surface area contributed by atoms with Crippen LogP contribution in [0.4, 0.5) is 20.2 Å². The normalized spacial score (nSPS) is 10.6. The molecule has 0 radical (unpaired) electrons. The van der Waals surface area contributed by atoms with Gasteiger partial charge < -0.3 is 15.4 Å². The van der Waals surface area contributed by atoms with Crippen LogP contribution in [0.15, 0.2) is 42.5 Å². The third kappa shape index (κ3) is 6.03. The van der Waals surface area contributed by atoms with Gasteiger partial charge in [0.15, 0.2) is 0 Å². The Morgan fingerprint density at radius 3 is 2.04 bits per heavy atom. The molecule has 0 heterocycles. The minimum absolute atomic E-state index is 0.0459. The van der Waals surface area contributed by atoms with Gasteiger partial charge in [0.25, 0.3) is 0 Å². The number of para-hydroxylation sites is 1. The summed E-state index contributed by atoms with van der Waals surface area (Å²) in [5, 5.41) is 4.91. The molecule has 144 valence electrons. The van der Waals surface area contributed by atoms with Gasteiger partial charge in [0, 0.05) is 5.69 Å². The molecule has 0 fully saturated rings. The maximum absolute atomic E-state index is 13.6. The zero-order chi connectivity index (χ0) is 19.8. The van der Waals surface area contributed by atoms with Crippen molar-refractivity contribution >= 4 is 23.2 Å². The van der Waals surface area contributed by atoms with Crippen molar-refractivity contribution in [1.29, 1.82) is 0 Å². The van der Waals surface area contributed by atoms with Gasteiger partial charge in [0.2, 0.25) is 11.8 Å². The first kappa shape index (κ1) is 20.3. The smallest absolute Gasteiger partial charge is 0.238 e. The van der Waals surface area contributed by atoms with E-state index in [-0.39, 0.29) is 19.0 Å². The van der Waals surface area contributed by atoms with Gasteiger partial charge >= 0.3 is 0 Å². The summed E-state index contributed by atoms with van der Waals surface area (Å²) in [6.07, 6.45) is 0. The van der Waals surface area contributed by atoms with Crippen LogP contribution in [-0.4, -0.2) is 43.5 Å². The lowest BCUT2D eigenvalue weighted by atomic mass is 10.3. The van der Waals surface area contributed by atoms with E-state index in [4.69, 9.17) is 4.74 Å². The number of nitrogens with one attached hydrogen (secondary N) is 2. The van der Waals surface area contributed by atoms with E-state index in [9.17, 15) is 18.4 Å². The Morgan fingerprint density at radius 1 is 0.963 bits per heavy atom. The van der Waals surface area contributed by atoms with E-state index in [1.807, 2.05) is 0 Å². The summed E-state index contributed by atoms with van der Waals surface area (Å²) >= 11 is 0. The number of benzene rings is 2. The fourth-order valence-corrected chi connectivity index (χ4v) is 2.36. The molecule has 8 heteroatoms. The molecule has 0 aromatic heterocycles. The fourth-order valence-electron chi connectivity index (χ4n) is 2.36. The quantitative estimate of drug-likeness (QED) is 0.742. The van der Waals surface area contributed by atoms with Crippen molar-refractivity contribution in [2.75, 3.05) is 37.4 Å². The molecule has 0 saturated heterocycles. The summed E-state index contributed by atoms with van der Waals surface area (Å²) in [6, 6.07) is 10.1. The van der Waals surface area contributed by atoms with Crippen LogP contribution in [0.2, 0.25) is 0 Å². The Morgan fingerprint density at radius 2 is 1.52 bits per heavy atom. The molecule has 0 saturated carbocycles.